The molecule has 134 valence electrons. The van der Waals surface area contributed by atoms with Gasteiger partial charge < -0.3 is 15.1 Å². The molecule has 1 aliphatic carbocycles. The number of hydrogen-bond acceptors (Lipinski definition) is 2. The van der Waals surface area contributed by atoms with E-state index in [9.17, 15) is 18.0 Å². The van der Waals surface area contributed by atoms with Gasteiger partial charge in [-0.15, -0.1) is 24.0 Å². The Hall–Kier alpha value is -0.740. The molecule has 1 saturated heterocycles. The van der Waals surface area contributed by atoms with E-state index in [-0.39, 0.29) is 30.5 Å². The smallest absolute Gasteiger partial charge is 0.347 e. The first-order valence-electron chi connectivity index (χ1n) is 7.51. The number of alkyl halides is 3. The summed E-state index contributed by atoms with van der Waals surface area (Å²) in [6.07, 6.45) is 0.468. The molecular weight excluding hydrogens is 424 g/mol. The topological polar surface area (TPSA) is 47.9 Å². The first-order chi connectivity index (χ1) is 10.2. The molecule has 1 spiro atoms. The van der Waals surface area contributed by atoms with E-state index in [2.05, 4.69) is 15.2 Å². The molecule has 1 heterocycles. The third-order valence-electron chi connectivity index (χ3n) is 4.60. The van der Waals surface area contributed by atoms with E-state index in [1.807, 2.05) is 0 Å². The maximum absolute atomic E-state index is 12.3. The molecule has 5 nitrogen and oxygen atoms in total. The van der Waals surface area contributed by atoms with Crippen LogP contribution in [-0.4, -0.2) is 68.1 Å². The van der Waals surface area contributed by atoms with Crippen molar-refractivity contribution >= 4 is 35.8 Å². The highest BCUT2D eigenvalue weighted by Crippen LogP contribution is 2.47. The van der Waals surface area contributed by atoms with Crippen molar-refractivity contribution in [2.45, 2.75) is 31.9 Å². The molecule has 2 rings (SSSR count). The Morgan fingerprint density at radius 1 is 1.35 bits per heavy atom. The van der Waals surface area contributed by atoms with Crippen LogP contribution in [-0.2, 0) is 4.79 Å². The van der Waals surface area contributed by atoms with Crippen LogP contribution >= 0.6 is 24.0 Å². The number of carbonyl (C=O) groups is 1. The zero-order valence-corrected chi connectivity index (χ0v) is 15.8. The molecule has 9 heteroatoms. The van der Waals surface area contributed by atoms with Crippen molar-refractivity contribution in [3.8, 4) is 0 Å². The number of likely N-dealkylation sites (N-methyl/N-ethyl adjacent to an activating group) is 1. The van der Waals surface area contributed by atoms with Gasteiger partial charge >= 0.3 is 6.18 Å². The van der Waals surface area contributed by atoms with Crippen molar-refractivity contribution in [2.75, 3.05) is 40.3 Å². The highest BCUT2D eigenvalue weighted by Gasteiger charge is 2.43. The Bertz CT molecular complexity index is 452. The monoisotopic (exact) mass is 448 g/mol. The molecule has 0 atom stereocenters. The second kappa shape index (κ2) is 7.89. The maximum Gasteiger partial charge on any atom is 0.406 e. The third-order valence-corrected chi connectivity index (χ3v) is 4.60. The van der Waals surface area contributed by atoms with E-state index >= 15 is 0 Å². The molecule has 1 aliphatic heterocycles. The molecule has 2 fully saturated rings. The van der Waals surface area contributed by atoms with Crippen LogP contribution in [0.2, 0.25) is 0 Å². The predicted molar refractivity (Wildman–Crippen MR) is 92.9 cm³/mol. The van der Waals surface area contributed by atoms with E-state index in [0.717, 1.165) is 26.6 Å². The number of amides is 1. The van der Waals surface area contributed by atoms with E-state index in [0.29, 0.717) is 16.3 Å². The van der Waals surface area contributed by atoms with Gasteiger partial charge in [-0.2, -0.15) is 13.2 Å². The fourth-order valence-electron chi connectivity index (χ4n) is 3.18. The van der Waals surface area contributed by atoms with Crippen molar-refractivity contribution in [1.29, 1.82) is 0 Å². The summed E-state index contributed by atoms with van der Waals surface area (Å²) in [4.78, 5) is 18.7. The van der Waals surface area contributed by atoms with E-state index in [4.69, 9.17) is 0 Å². The highest BCUT2D eigenvalue weighted by molar-refractivity contribution is 14.0. The van der Waals surface area contributed by atoms with Gasteiger partial charge in [0.2, 0.25) is 5.91 Å². The highest BCUT2D eigenvalue weighted by atomic mass is 127. The normalized spacial score (nSPS) is 20.0. The summed E-state index contributed by atoms with van der Waals surface area (Å²) >= 11 is 0. The Balaban J connectivity index is 0.00000264. The summed E-state index contributed by atoms with van der Waals surface area (Å²) in [6, 6.07) is 0. The molecule has 23 heavy (non-hydrogen) atoms. The standard InChI is InChI=1S/C14H23F3N4O.HI/c1-18-12(21-7-6-13(9-21)4-3-5-13)19-8-11(22)20(2)10-14(15,16)17;/h3-10H2,1-2H3,(H,18,19);1H. The van der Waals surface area contributed by atoms with Crippen LogP contribution in [0.5, 0.6) is 0 Å². The second-order valence-electron chi connectivity index (χ2n) is 6.29. The van der Waals surface area contributed by atoms with Crippen LogP contribution in [0.25, 0.3) is 0 Å². The van der Waals surface area contributed by atoms with E-state index in [1.165, 1.54) is 19.3 Å². The lowest BCUT2D eigenvalue weighted by molar-refractivity contribution is -0.157. The number of nitrogens with zero attached hydrogens (tertiary/aromatic N) is 3. The van der Waals surface area contributed by atoms with Crippen molar-refractivity contribution < 1.29 is 18.0 Å². The molecule has 1 amide bonds. The third kappa shape index (κ3) is 5.39. The first-order valence-corrected chi connectivity index (χ1v) is 7.51. The molecule has 0 unspecified atom stereocenters. The van der Waals surface area contributed by atoms with Gasteiger partial charge in [0.25, 0.3) is 0 Å². The molecule has 0 aromatic carbocycles. The first kappa shape index (κ1) is 20.3. The number of halogens is 4. The van der Waals surface area contributed by atoms with Crippen LogP contribution in [0.15, 0.2) is 4.99 Å². The Morgan fingerprint density at radius 2 is 2.00 bits per heavy atom. The van der Waals surface area contributed by atoms with Gasteiger partial charge in [-0.25, -0.2) is 0 Å². The molecular formula is C14H24F3IN4O. The Morgan fingerprint density at radius 3 is 2.43 bits per heavy atom. The largest absolute Gasteiger partial charge is 0.406 e. The molecule has 0 aromatic rings. The van der Waals surface area contributed by atoms with Crippen LogP contribution in [0, 0.1) is 5.41 Å². The number of guanidine groups is 1. The lowest BCUT2D eigenvalue weighted by Gasteiger charge is -2.38. The molecule has 0 aromatic heterocycles. The van der Waals surface area contributed by atoms with E-state index < -0.39 is 18.6 Å². The Kier molecular flexibility index (Phi) is 6.96. The van der Waals surface area contributed by atoms with Gasteiger partial charge in [-0.05, 0) is 24.7 Å². The molecule has 2 aliphatic rings. The average molecular weight is 448 g/mol. The van der Waals surface area contributed by atoms with Gasteiger partial charge in [0.15, 0.2) is 5.96 Å². The Labute approximate surface area is 151 Å². The van der Waals surface area contributed by atoms with Gasteiger partial charge in [0, 0.05) is 27.2 Å². The van der Waals surface area contributed by atoms with Crippen LogP contribution in [0.3, 0.4) is 0 Å². The lowest BCUT2D eigenvalue weighted by atomic mass is 9.68. The SMILES string of the molecule is CN=C(NCC(=O)N(C)CC(F)(F)F)N1CCC2(CCC2)C1.I. The van der Waals surface area contributed by atoms with Crippen LogP contribution in [0.4, 0.5) is 13.2 Å². The molecule has 1 saturated carbocycles. The summed E-state index contributed by atoms with van der Waals surface area (Å²) in [5.41, 5.74) is 0.398. The lowest BCUT2D eigenvalue weighted by Crippen LogP contribution is -2.47. The average Bonchev–Trinajstić information content (AvgIpc) is 2.82. The summed E-state index contributed by atoms with van der Waals surface area (Å²) in [5, 5.41) is 2.88. The van der Waals surface area contributed by atoms with Crippen molar-refractivity contribution in [3.05, 3.63) is 0 Å². The predicted octanol–water partition coefficient (Wildman–Crippen LogP) is 2.08. The van der Waals surface area contributed by atoms with Gasteiger partial charge in [0.1, 0.15) is 6.54 Å². The summed E-state index contributed by atoms with van der Waals surface area (Å²) in [5.74, 6) is -0.00596. The van der Waals surface area contributed by atoms with Gasteiger partial charge in [0.05, 0.1) is 6.54 Å². The van der Waals surface area contributed by atoms with Crippen LogP contribution < -0.4 is 5.32 Å². The zero-order valence-electron chi connectivity index (χ0n) is 13.4. The molecule has 1 N–H and O–H groups in total. The summed E-state index contributed by atoms with van der Waals surface area (Å²) < 4.78 is 36.8. The van der Waals surface area contributed by atoms with Gasteiger partial charge in [-0.1, -0.05) is 6.42 Å². The van der Waals surface area contributed by atoms with Crippen LogP contribution in [0.1, 0.15) is 25.7 Å². The number of carbonyl (C=O) groups excluding carboxylic acids is 1. The van der Waals surface area contributed by atoms with Crippen molar-refractivity contribution in [2.24, 2.45) is 10.4 Å². The van der Waals surface area contributed by atoms with Gasteiger partial charge in [-0.3, -0.25) is 9.79 Å². The molecule has 0 bridgehead atoms. The number of likely N-dealkylation sites (tertiary alicyclic amines) is 1. The number of rotatable bonds is 3. The minimum absolute atomic E-state index is 0. The van der Waals surface area contributed by atoms with E-state index in [1.54, 1.807) is 7.05 Å². The number of hydrogen-bond donors (Lipinski definition) is 1. The number of aliphatic imine (C=N–C) groups is 1. The fourth-order valence-corrected chi connectivity index (χ4v) is 3.18. The fraction of sp³-hybridized carbons (Fsp3) is 0.857. The minimum Gasteiger partial charge on any atom is -0.347 e. The molecule has 0 radical (unpaired) electrons. The minimum atomic E-state index is -4.38. The van der Waals surface area contributed by atoms with Crippen molar-refractivity contribution in [3.63, 3.8) is 0 Å². The maximum atomic E-state index is 12.3. The summed E-state index contributed by atoms with van der Waals surface area (Å²) in [6.45, 7) is 0.382. The van der Waals surface area contributed by atoms with Crippen molar-refractivity contribution in [1.82, 2.24) is 15.1 Å². The second-order valence-corrected chi connectivity index (χ2v) is 6.29. The summed E-state index contributed by atoms with van der Waals surface area (Å²) in [7, 11) is 2.78. The zero-order chi connectivity index (χ0) is 16.4. The number of nitrogens with one attached hydrogen (secondary N) is 1. The quantitative estimate of drug-likeness (QED) is 0.409.